The zero-order chi connectivity index (χ0) is 13.0. The van der Waals surface area contributed by atoms with Crippen LogP contribution >= 0.6 is 0 Å². The summed E-state index contributed by atoms with van der Waals surface area (Å²) in [4.78, 5) is 2.76. The summed E-state index contributed by atoms with van der Waals surface area (Å²) >= 11 is 0. The molecule has 2 rings (SSSR count). The lowest BCUT2D eigenvalue weighted by atomic mass is 9.98. The molecule has 0 aromatic carbocycles. The van der Waals surface area contributed by atoms with Crippen LogP contribution in [-0.2, 0) is 4.74 Å². The number of methoxy groups -OCH3 is 1. The van der Waals surface area contributed by atoms with Crippen LogP contribution in [0.25, 0.3) is 0 Å². The average molecular weight is 254 g/mol. The molecular weight excluding hydrogens is 224 g/mol. The highest BCUT2D eigenvalue weighted by molar-refractivity contribution is 4.98. The van der Waals surface area contributed by atoms with Gasteiger partial charge in [-0.05, 0) is 37.5 Å². The van der Waals surface area contributed by atoms with E-state index in [1.165, 1.54) is 51.7 Å². The molecule has 106 valence electrons. The van der Waals surface area contributed by atoms with Crippen LogP contribution in [0.4, 0.5) is 0 Å². The fourth-order valence-electron chi connectivity index (χ4n) is 3.21. The summed E-state index contributed by atoms with van der Waals surface area (Å²) in [7, 11) is 1.82. The van der Waals surface area contributed by atoms with E-state index in [1.807, 2.05) is 7.11 Å². The van der Waals surface area contributed by atoms with Crippen molar-refractivity contribution in [1.82, 2.24) is 10.2 Å². The van der Waals surface area contributed by atoms with Crippen molar-refractivity contribution in [3.05, 3.63) is 0 Å². The summed E-state index contributed by atoms with van der Waals surface area (Å²) in [5.41, 5.74) is 0.596. The summed E-state index contributed by atoms with van der Waals surface area (Å²) in [5, 5.41) is 3.68. The van der Waals surface area contributed by atoms with Gasteiger partial charge in [-0.2, -0.15) is 0 Å². The third kappa shape index (κ3) is 3.46. The SMILES string of the molecule is CCC1CN(CC2(CCOC)CC2)C(CC)CN1. The van der Waals surface area contributed by atoms with Gasteiger partial charge in [0.1, 0.15) is 0 Å². The Morgan fingerprint density at radius 2 is 2.06 bits per heavy atom. The Balaban J connectivity index is 1.88. The minimum Gasteiger partial charge on any atom is -0.385 e. The fraction of sp³-hybridized carbons (Fsp3) is 1.00. The van der Waals surface area contributed by atoms with Crippen LogP contribution in [0.1, 0.15) is 46.0 Å². The van der Waals surface area contributed by atoms with E-state index in [0.29, 0.717) is 11.5 Å². The molecular formula is C15H30N2O. The van der Waals surface area contributed by atoms with Gasteiger partial charge >= 0.3 is 0 Å². The molecule has 18 heavy (non-hydrogen) atoms. The van der Waals surface area contributed by atoms with E-state index in [-0.39, 0.29) is 0 Å². The number of nitrogens with one attached hydrogen (secondary N) is 1. The molecule has 0 radical (unpaired) electrons. The van der Waals surface area contributed by atoms with Gasteiger partial charge in [-0.15, -0.1) is 0 Å². The highest BCUT2D eigenvalue weighted by atomic mass is 16.5. The highest BCUT2D eigenvalue weighted by Crippen LogP contribution is 2.49. The Labute approximate surface area is 112 Å². The topological polar surface area (TPSA) is 24.5 Å². The third-order valence-corrected chi connectivity index (χ3v) is 4.91. The second kappa shape index (κ2) is 6.36. The summed E-state index contributed by atoms with van der Waals surface area (Å²) < 4.78 is 5.27. The molecule has 2 unspecified atom stereocenters. The number of rotatable bonds is 7. The van der Waals surface area contributed by atoms with Crippen molar-refractivity contribution in [1.29, 1.82) is 0 Å². The molecule has 0 aromatic rings. The van der Waals surface area contributed by atoms with Crippen molar-refractivity contribution in [3.8, 4) is 0 Å². The molecule has 2 fully saturated rings. The molecule has 1 aliphatic carbocycles. The van der Waals surface area contributed by atoms with E-state index in [1.54, 1.807) is 0 Å². The first-order chi connectivity index (χ1) is 8.73. The monoisotopic (exact) mass is 254 g/mol. The number of nitrogens with zero attached hydrogens (tertiary/aromatic N) is 1. The molecule has 0 amide bonds. The molecule has 0 aromatic heterocycles. The second-order valence-electron chi connectivity index (χ2n) is 6.25. The number of piperazine rings is 1. The van der Waals surface area contributed by atoms with Crippen molar-refractivity contribution >= 4 is 0 Å². The Morgan fingerprint density at radius 1 is 1.28 bits per heavy atom. The Kier molecular flexibility index (Phi) is 5.05. The van der Waals surface area contributed by atoms with E-state index in [2.05, 4.69) is 24.1 Å². The first kappa shape index (κ1) is 14.3. The van der Waals surface area contributed by atoms with Gasteiger partial charge in [0, 0.05) is 45.4 Å². The van der Waals surface area contributed by atoms with Crippen molar-refractivity contribution in [3.63, 3.8) is 0 Å². The zero-order valence-corrected chi connectivity index (χ0v) is 12.4. The summed E-state index contributed by atoms with van der Waals surface area (Å²) in [6.45, 7) is 9.26. The molecule has 2 atom stereocenters. The van der Waals surface area contributed by atoms with Gasteiger partial charge in [0.15, 0.2) is 0 Å². The van der Waals surface area contributed by atoms with Gasteiger partial charge in [0.2, 0.25) is 0 Å². The van der Waals surface area contributed by atoms with Crippen LogP contribution in [0.3, 0.4) is 0 Å². The van der Waals surface area contributed by atoms with Crippen LogP contribution in [0, 0.1) is 5.41 Å². The molecule has 0 bridgehead atoms. The fourth-order valence-corrected chi connectivity index (χ4v) is 3.21. The second-order valence-corrected chi connectivity index (χ2v) is 6.25. The van der Waals surface area contributed by atoms with Gasteiger partial charge in [0.05, 0.1) is 0 Å². The smallest absolute Gasteiger partial charge is 0.0468 e. The predicted octanol–water partition coefficient (Wildman–Crippen LogP) is 2.27. The van der Waals surface area contributed by atoms with E-state index < -0.39 is 0 Å². The molecule has 1 saturated carbocycles. The quantitative estimate of drug-likeness (QED) is 0.754. The minimum atomic E-state index is 0.596. The molecule has 0 spiro atoms. The van der Waals surface area contributed by atoms with E-state index in [9.17, 15) is 0 Å². The highest BCUT2D eigenvalue weighted by Gasteiger charge is 2.44. The van der Waals surface area contributed by atoms with Crippen molar-refractivity contribution in [2.24, 2.45) is 5.41 Å². The van der Waals surface area contributed by atoms with Gasteiger partial charge in [0.25, 0.3) is 0 Å². The maximum atomic E-state index is 5.27. The Morgan fingerprint density at radius 3 is 2.61 bits per heavy atom. The molecule has 1 N–H and O–H groups in total. The van der Waals surface area contributed by atoms with Crippen molar-refractivity contribution in [2.45, 2.75) is 58.0 Å². The minimum absolute atomic E-state index is 0.596. The van der Waals surface area contributed by atoms with Gasteiger partial charge in [-0.3, -0.25) is 4.90 Å². The molecule has 3 nitrogen and oxygen atoms in total. The maximum absolute atomic E-state index is 5.27. The number of hydrogen-bond acceptors (Lipinski definition) is 3. The molecule has 1 saturated heterocycles. The number of hydrogen-bond donors (Lipinski definition) is 1. The van der Waals surface area contributed by atoms with Gasteiger partial charge in [-0.1, -0.05) is 13.8 Å². The molecule has 1 aliphatic heterocycles. The van der Waals surface area contributed by atoms with Crippen LogP contribution < -0.4 is 5.32 Å². The summed E-state index contributed by atoms with van der Waals surface area (Å²) in [5.74, 6) is 0. The maximum Gasteiger partial charge on any atom is 0.0468 e. The van der Waals surface area contributed by atoms with Crippen LogP contribution in [0.5, 0.6) is 0 Å². The van der Waals surface area contributed by atoms with Gasteiger partial charge in [-0.25, -0.2) is 0 Å². The number of ether oxygens (including phenoxy) is 1. The largest absolute Gasteiger partial charge is 0.385 e. The molecule has 3 heteroatoms. The first-order valence-electron chi connectivity index (χ1n) is 7.69. The predicted molar refractivity (Wildman–Crippen MR) is 75.9 cm³/mol. The van der Waals surface area contributed by atoms with Gasteiger partial charge < -0.3 is 10.1 Å². The van der Waals surface area contributed by atoms with E-state index in [0.717, 1.165) is 12.6 Å². The summed E-state index contributed by atoms with van der Waals surface area (Å²) in [6.07, 6.45) is 6.59. The first-order valence-corrected chi connectivity index (χ1v) is 7.69. The lowest BCUT2D eigenvalue weighted by Gasteiger charge is -2.41. The van der Waals surface area contributed by atoms with E-state index in [4.69, 9.17) is 4.74 Å². The van der Waals surface area contributed by atoms with Crippen LogP contribution in [0.2, 0.25) is 0 Å². The van der Waals surface area contributed by atoms with Crippen molar-refractivity contribution in [2.75, 3.05) is 33.4 Å². The summed E-state index contributed by atoms with van der Waals surface area (Å²) in [6, 6.07) is 1.44. The van der Waals surface area contributed by atoms with Crippen LogP contribution in [-0.4, -0.2) is 50.3 Å². The lowest BCUT2D eigenvalue weighted by Crippen LogP contribution is -2.57. The van der Waals surface area contributed by atoms with E-state index >= 15 is 0 Å². The molecule has 2 aliphatic rings. The van der Waals surface area contributed by atoms with Crippen molar-refractivity contribution < 1.29 is 4.74 Å². The third-order valence-electron chi connectivity index (χ3n) is 4.91. The Bertz CT molecular complexity index is 253. The van der Waals surface area contributed by atoms with Crippen LogP contribution in [0.15, 0.2) is 0 Å². The lowest BCUT2D eigenvalue weighted by molar-refractivity contribution is 0.0853. The standard InChI is InChI=1S/C15H30N2O/c1-4-13-11-17(14(5-2)10-16-13)12-15(6-7-15)8-9-18-3/h13-14,16H,4-12H2,1-3H3. The molecule has 1 heterocycles. The zero-order valence-electron chi connectivity index (χ0n) is 12.4. The Hall–Kier alpha value is -0.120. The normalized spacial score (nSPS) is 31.5. The average Bonchev–Trinajstić information content (AvgIpc) is 3.16.